The molecule has 3 heteroatoms. The first-order valence-corrected chi connectivity index (χ1v) is 8.45. The molecule has 0 spiro atoms. The number of nitrogens with zero attached hydrogens (tertiary/aromatic N) is 2. The molecule has 0 N–H and O–H groups in total. The van der Waals surface area contributed by atoms with Gasteiger partial charge in [0.15, 0.2) is 0 Å². The Morgan fingerprint density at radius 3 is 1.87 bits per heavy atom. The summed E-state index contributed by atoms with van der Waals surface area (Å²) in [5.41, 5.74) is 2.44. The smallest absolute Gasteiger partial charge is 0.108 e. The highest BCUT2D eigenvalue weighted by Gasteiger charge is 2.17. The van der Waals surface area contributed by atoms with Gasteiger partial charge in [-0.2, -0.15) is 0 Å². The molecule has 0 atom stereocenters. The maximum absolute atomic E-state index is 6.29. The van der Waals surface area contributed by atoms with E-state index in [2.05, 4.69) is 77.5 Å². The second-order valence-electron chi connectivity index (χ2n) is 6.22. The molecule has 3 nitrogen and oxygen atoms in total. The normalized spacial score (nSPS) is 16.8. The molecule has 2 aromatic carbocycles. The van der Waals surface area contributed by atoms with Crippen LogP contribution in [0.25, 0.3) is 0 Å². The highest BCUT2D eigenvalue weighted by atomic mass is 16.5. The Morgan fingerprint density at radius 2 is 1.35 bits per heavy atom. The van der Waals surface area contributed by atoms with Gasteiger partial charge in [-0.15, -0.1) is 0 Å². The lowest BCUT2D eigenvalue weighted by molar-refractivity contribution is 0.0484. The molecule has 0 aromatic heterocycles. The molecule has 1 heterocycles. The van der Waals surface area contributed by atoms with Crippen molar-refractivity contribution in [3.8, 4) is 0 Å². The molecule has 0 amide bonds. The fourth-order valence-electron chi connectivity index (χ4n) is 3.01. The summed E-state index contributed by atoms with van der Waals surface area (Å²) in [6.45, 7) is 6.35. The lowest BCUT2D eigenvalue weighted by Crippen LogP contribution is -2.45. The van der Waals surface area contributed by atoms with Crippen molar-refractivity contribution in [2.24, 2.45) is 0 Å². The maximum atomic E-state index is 6.29. The van der Waals surface area contributed by atoms with Crippen LogP contribution in [0, 0.1) is 0 Å². The van der Waals surface area contributed by atoms with Crippen LogP contribution in [-0.4, -0.2) is 56.2 Å². The summed E-state index contributed by atoms with van der Waals surface area (Å²) in [5, 5.41) is 0. The van der Waals surface area contributed by atoms with Gasteiger partial charge < -0.3 is 9.64 Å². The zero-order valence-corrected chi connectivity index (χ0v) is 13.9. The fraction of sp³-hybridized carbons (Fsp3) is 0.400. The van der Waals surface area contributed by atoms with Crippen LogP contribution in [-0.2, 0) is 4.74 Å². The standard InChI is InChI=1S/C20H26N2O/c1-21-12-14-22(15-13-21)16-17-23-20(18-8-4-2-5-9-18)19-10-6-3-7-11-19/h2-11,20H,12-17H2,1H3. The van der Waals surface area contributed by atoms with Crippen molar-refractivity contribution in [3.05, 3.63) is 71.8 Å². The van der Waals surface area contributed by atoms with Gasteiger partial charge in [0.1, 0.15) is 6.10 Å². The Morgan fingerprint density at radius 1 is 0.826 bits per heavy atom. The lowest BCUT2D eigenvalue weighted by Gasteiger charge is -2.32. The minimum Gasteiger partial charge on any atom is -0.367 e. The average Bonchev–Trinajstić information content (AvgIpc) is 2.62. The predicted octanol–water partition coefficient (Wildman–Crippen LogP) is 3.04. The molecule has 0 bridgehead atoms. The third kappa shape index (κ3) is 4.64. The summed E-state index contributed by atoms with van der Waals surface area (Å²) < 4.78 is 6.29. The van der Waals surface area contributed by atoms with Gasteiger partial charge in [-0.05, 0) is 18.2 Å². The molecular weight excluding hydrogens is 284 g/mol. The van der Waals surface area contributed by atoms with E-state index >= 15 is 0 Å². The van der Waals surface area contributed by atoms with E-state index in [0.717, 1.165) is 39.3 Å². The summed E-state index contributed by atoms with van der Waals surface area (Å²) >= 11 is 0. The first-order valence-electron chi connectivity index (χ1n) is 8.45. The number of benzene rings is 2. The van der Waals surface area contributed by atoms with Crippen molar-refractivity contribution in [3.63, 3.8) is 0 Å². The summed E-state index contributed by atoms with van der Waals surface area (Å²) in [6, 6.07) is 21.0. The molecule has 1 saturated heterocycles. The van der Waals surface area contributed by atoms with E-state index < -0.39 is 0 Å². The maximum Gasteiger partial charge on any atom is 0.108 e. The van der Waals surface area contributed by atoms with Crippen LogP contribution in [0.15, 0.2) is 60.7 Å². The van der Waals surface area contributed by atoms with Crippen molar-refractivity contribution in [1.82, 2.24) is 9.80 Å². The van der Waals surface area contributed by atoms with E-state index in [0.29, 0.717) is 0 Å². The minimum absolute atomic E-state index is 0.0184. The van der Waals surface area contributed by atoms with E-state index in [9.17, 15) is 0 Å². The van der Waals surface area contributed by atoms with Crippen LogP contribution in [0.5, 0.6) is 0 Å². The molecule has 2 aromatic rings. The van der Waals surface area contributed by atoms with Crippen molar-refractivity contribution in [2.45, 2.75) is 6.10 Å². The van der Waals surface area contributed by atoms with Crippen LogP contribution in [0.1, 0.15) is 17.2 Å². The van der Waals surface area contributed by atoms with Gasteiger partial charge in [0.25, 0.3) is 0 Å². The van der Waals surface area contributed by atoms with E-state index in [1.165, 1.54) is 11.1 Å². The van der Waals surface area contributed by atoms with Crippen LogP contribution >= 0.6 is 0 Å². The number of hydrogen-bond acceptors (Lipinski definition) is 3. The second-order valence-corrected chi connectivity index (χ2v) is 6.22. The van der Waals surface area contributed by atoms with Gasteiger partial charge in [0.05, 0.1) is 6.61 Å². The van der Waals surface area contributed by atoms with E-state index in [1.807, 2.05) is 0 Å². The molecular formula is C20H26N2O. The zero-order chi connectivity index (χ0) is 15.9. The topological polar surface area (TPSA) is 15.7 Å². The first-order chi connectivity index (χ1) is 11.3. The van der Waals surface area contributed by atoms with Gasteiger partial charge in [0.2, 0.25) is 0 Å². The lowest BCUT2D eigenvalue weighted by atomic mass is 10.0. The summed E-state index contributed by atoms with van der Waals surface area (Å²) in [4.78, 5) is 4.88. The van der Waals surface area contributed by atoms with Crippen molar-refractivity contribution < 1.29 is 4.74 Å². The van der Waals surface area contributed by atoms with E-state index in [-0.39, 0.29) is 6.10 Å². The number of rotatable bonds is 6. The van der Waals surface area contributed by atoms with Crippen molar-refractivity contribution in [1.29, 1.82) is 0 Å². The SMILES string of the molecule is CN1CCN(CCOC(c2ccccc2)c2ccccc2)CC1. The van der Waals surface area contributed by atoms with Crippen LogP contribution in [0.4, 0.5) is 0 Å². The predicted molar refractivity (Wildman–Crippen MR) is 94.6 cm³/mol. The minimum atomic E-state index is 0.0184. The van der Waals surface area contributed by atoms with Crippen LogP contribution in [0.3, 0.4) is 0 Å². The van der Waals surface area contributed by atoms with Gasteiger partial charge in [-0.25, -0.2) is 0 Å². The third-order valence-electron chi connectivity index (χ3n) is 4.49. The molecule has 0 saturated carbocycles. The summed E-state index contributed by atoms with van der Waals surface area (Å²) in [6.07, 6.45) is 0.0184. The van der Waals surface area contributed by atoms with E-state index in [1.54, 1.807) is 0 Å². The quantitative estimate of drug-likeness (QED) is 0.815. The molecule has 0 radical (unpaired) electrons. The van der Waals surface area contributed by atoms with Gasteiger partial charge >= 0.3 is 0 Å². The average molecular weight is 310 g/mol. The highest BCUT2D eigenvalue weighted by Crippen LogP contribution is 2.25. The molecule has 23 heavy (non-hydrogen) atoms. The van der Waals surface area contributed by atoms with E-state index in [4.69, 9.17) is 4.74 Å². The molecule has 1 fully saturated rings. The van der Waals surface area contributed by atoms with Crippen molar-refractivity contribution in [2.75, 3.05) is 46.4 Å². The summed E-state index contributed by atoms with van der Waals surface area (Å²) in [7, 11) is 2.19. The Balaban J connectivity index is 1.61. The number of likely N-dealkylation sites (N-methyl/N-ethyl adjacent to an activating group) is 1. The van der Waals surface area contributed by atoms with Gasteiger partial charge in [0, 0.05) is 32.7 Å². The van der Waals surface area contributed by atoms with Gasteiger partial charge in [-0.1, -0.05) is 60.7 Å². The zero-order valence-electron chi connectivity index (χ0n) is 13.9. The monoisotopic (exact) mass is 310 g/mol. The number of ether oxygens (including phenoxy) is 1. The van der Waals surface area contributed by atoms with Crippen LogP contribution < -0.4 is 0 Å². The molecule has 3 rings (SSSR count). The van der Waals surface area contributed by atoms with Crippen molar-refractivity contribution >= 4 is 0 Å². The number of piperazine rings is 1. The molecule has 0 unspecified atom stereocenters. The first kappa shape index (κ1) is 16.2. The Hall–Kier alpha value is -1.68. The molecule has 122 valence electrons. The van der Waals surface area contributed by atoms with Gasteiger partial charge in [-0.3, -0.25) is 4.90 Å². The molecule has 1 aliphatic heterocycles. The fourth-order valence-corrected chi connectivity index (χ4v) is 3.01. The Bertz CT molecular complexity index is 525. The van der Waals surface area contributed by atoms with Crippen LogP contribution in [0.2, 0.25) is 0 Å². The molecule has 1 aliphatic rings. The molecule has 0 aliphatic carbocycles. The second kappa shape index (κ2) is 8.25. The highest BCUT2D eigenvalue weighted by molar-refractivity contribution is 5.29. The largest absolute Gasteiger partial charge is 0.367 e. The summed E-state index contributed by atoms with van der Waals surface area (Å²) in [5.74, 6) is 0. The Labute approximate surface area is 139 Å². The third-order valence-corrected chi connectivity index (χ3v) is 4.49. The Kier molecular flexibility index (Phi) is 5.81. The number of hydrogen-bond donors (Lipinski definition) is 0.